The maximum absolute atomic E-state index is 5.89. The number of halogens is 2. The molecule has 1 aromatic carbocycles. The van der Waals surface area contributed by atoms with Gasteiger partial charge in [0.25, 0.3) is 0 Å². The van der Waals surface area contributed by atoms with E-state index in [1.165, 1.54) is 11.8 Å². The summed E-state index contributed by atoms with van der Waals surface area (Å²) in [4.78, 5) is 4.08. The largest absolute Gasteiger partial charge is 0.379 e. The lowest BCUT2D eigenvalue weighted by Crippen LogP contribution is -2.07. The van der Waals surface area contributed by atoms with E-state index in [1.54, 1.807) is 6.07 Å². The monoisotopic (exact) mass is 262 g/mol. The van der Waals surface area contributed by atoms with Gasteiger partial charge in [0.2, 0.25) is 0 Å². The lowest BCUT2D eigenvalue weighted by Gasteiger charge is -2.02. The lowest BCUT2D eigenvalue weighted by molar-refractivity contribution is 1.13. The normalized spacial score (nSPS) is 11.8. The van der Waals surface area contributed by atoms with Crippen LogP contribution in [0.1, 0.15) is 12.5 Å². The summed E-state index contributed by atoms with van der Waals surface area (Å²) < 4.78 is 0. The van der Waals surface area contributed by atoms with Crippen molar-refractivity contribution >= 4 is 40.1 Å². The average molecular weight is 263 g/mol. The van der Waals surface area contributed by atoms with Gasteiger partial charge in [-0.15, -0.1) is 0 Å². The van der Waals surface area contributed by atoms with Crippen molar-refractivity contribution in [1.29, 1.82) is 0 Å². The third-order valence-corrected chi connectivity index (χ3v) is 3.33. The first kappa shape index (κ1) is 12.7. The summed E-state index contributed by atoms with van der Waals surface area (Å²) in [7, 11) is 0. The Hall–Kier alpha value is -0.380. The van der Waals surface area contributed by atoms with Crippen LogP contribution in [0.2, 0.25) is 10.0 Å². The van der Waals surface area contributed by atoms with Crippen molar-refractivity contribution in [1.82, 2.24) is 0 Å². The van der Waals surface area contributed by atoms with Gasteiger partial charge in [-0.3, -0.25) is 4.99 Å². The first-order valence-electron chi connectivity index (χ1n) is 4.50. The van der Waals surface area contributed by atoms with Crippen LogP contribution in [0.15, 0.2) is 23.2 Å². The quantitative estimate of drug-likeness (QED) is 0.668. The smallest absolute Gasteiger partial charge is 0.154 e. The SMILES string of the molecule is CCN=C(N)SCc1ccc(Cl)c(Cl)c1. The molecule has 0 atom stereocenters. The number of hydrogen-bond acceptors (Lipinski definition) is 2. The zero-order valence-electron chi connectivity index (χ0n) is 8.34. The van der Waals surface area contributed by atoms with E-state index in [4.69, 9.17) is 28.9 Å². The molecule has 0 unspecified atom stereocenters. The highest BCUT2D eigenvalue weighted by atomic mass is 35.5. The predicted molar refractivity (Wildman–Crippen MR) is 69.9 cm³/mol. The predicted octanol–water partition coefficient (Wildman–Crippen LogP) is 3.56. The molecule has 5 heteroatoms. The molecule has 1 rings (SSSR count). The minimum Gasteiger partial charge on any atom is -0.379 e. The molecule has 0 saturated heterocycles. The molecule has 2 nitrogen and oxygen atoms in total. The van der Waals surface area contributed by atoms with Gasteiger partial charge in [0.1, 0.15) is 0 Å². The molecular formula is C10H12Cl2N2S. The fourth-order valence-corrected chi connectivity index (χ4v) is 2.02. The second-order valence-electron chi connectivity index (χ2n) is 2.85. The standard InChI is InChI=1S/C10H12Cl2N2S/c1-2-14-10(13)15-6-7-3-4-8(11)9(12)5-7/h3-5H,2,6H2,1H3,(H2,13,14). The van der Waals surface area contributed by atoms with Crippen LogP contribution in [-0.4, -0.2) is 11.7 Å². The van der Waals surface area contributed by atoms with Gasteiger partial charge in [-0.05, 0) is 24.6 Å². The Balaban J connectivity index is 2.58. The van der Waals surface area contributed by atoms with E-state index >= 15 is 0 Å². The van der Waals surface area contributed by atoms with E-state index in [-0.39, 0.29) is 0 Å². The maximum Gasteiger partial charge on any atom is 0.154 e. The van der Waals surface area contributed by atoms with Crippen LogP contribution in [0.25, 0.3) is 0 Å². The van der Waals surface area contributed by atoms with Gasteiger partial charge in [0, 0.05) is 12.3 Å². The third kappa shape index (κ3) is 4.33. The summed E-state index contributed by atoms with van der Waals surface area (Å²) in [5.41, 5.74) is 6.74. The summed E-state index contributed by atoms with van der Waals surface area (Å²) in [5, 5.41) is 1.74. The summed E-state index contributed by atoms with van der Waals surface area (Å²) in [5.74, 6) is 0.756. The molecule has 0 aliphatic rings. The molecule has 0 aromatic heterocycles. The Morgan fingerprint density at radius 3 is 2.73 bits per heavy atom. The zero-order chi connectivity index (χ0) is 11.3. The Morgan fingerprint density at radius 1 is 1.40 bits per heavy atom. The van der Waals surface area contributed by atoms with E-state index < -0.39 is 0 Å². The van der Waals surface area contributed by atoms with Crippen LogP contribution in [0, 0.1) is 0 Å². The Morgan fingerprint density at radius 2 is 2.13 bits per heavy atom. The van der Waals surface area contributed by atoms with Crippen molar-refractivity contribution in [3.63, 3.8) is 0 Å². The number of benzene rings is 1. The summed E-state index contributed by atoms with van der Waals surface area (Å²) in [6, 6.07) is 5.56. The molecule has 0 saturated carbocycles. The van der Waals surface area contributed by atoms with E-state index in [0.717, 1.165) is 11.3 Å². The van der Waals surface area contributed by atoms with Crippen LogP contribution in [0.3, 0.4) is 0 Å². The molecule has 15 heavy (non-hydrogen) atoms. The number of thioether (sulfide) groups is 1. The average Bonchev–Trinajstić information content (AvgIpc) is 2.20. The van der Waals surface area contributed by atoms with E-state index in [0.29, 0.717) is 21.8 Å². The van der Waals surface area contributed by atoms with Crippen molar-refractivity contribution in [2.45, 2.75) is 12.7 Å². The molecule has 0 aliphatic carbocycles. The number of rotatable bonds is 3. The third-order valence-electron chi connectivity index (χ3n) is 1.68. The molecule has 0 radical (unpaired) electrons. The fraction of sp³-hybridized carbons (Fsp3) is 0.300. The van der Waals surface area contributed by atoms with Crippen LogP contribution < -0.4 is 5.73 Å². The van der Waals surface area contributed by atoms with Gasteiger partial charge < -0.3 is 5.73 Å². The topological polar surface area (TPSA) is 38.4 Å². The number of aliphatic imine (C=N–C) groups is 1. The fourth-order valence-electron chi connectivity index (χ4n) is 0.988. The number of nitrogens with zero attached hydrogens (tertiary/aromatic N) is 1. The molecule has 2 N–H and O–H groups in total. The molecule has 0 amide bonds. The Labute approximate surface area is 104 Å². The molecule has 0 aliphatic heterocycles. The zero-order valence-corrected chi connectivity index (χ0v) is 10.7. The molecule has 0 heterocycles. The number of nitrogens with two attached hydrogens (primary N) is 1. The molecular weight excluding hydrogens is 251 g/mol. The lowest BCUT2D eigenvalue weighted by atomic mass is 10.2. The van der Waals surface area contributed by atoms with Gasteiger partial charge in [-0.2, -0.15) is 0 Å². The highest BCUT2D eigenvalue weighted by molar-refractivity contribution is 8.13. The van der Waals surface area contributed by atoms with Crippen LogP contribution >= 0.6 is 35.0 Å². The van der Waals surface area contributed by atoms with Gasteiger partial charge in [0.05, 0.1) is 10.0 Å². The van der Waals surface area contributed by atoms with Crippen molar-refractivity contribution in [3.8, 4) is 0 Å². The van der Waals surface area contributed by atoms with E-state index in [1.807, 2.05) is 19.1 Å². The minimum absolute atomic E-state index is 0.570. The number of hydrogen-bond donors (Lipinski definition) is 1. The van der Waals surface area contributed by atoms with Gasteiger partial charge in [-0.25, -0.2) is 0 Å². The summed E-state index contributed by atoms with van der Waals surface area (Å²) in [6.45, 7) is 2.66. The van der Waals surface area contributed by atoms with Crippen molar-refractivity contribution in [2.75, 3.05) is 6.54 Å². The molecule has 0 fully saturated rings. The molecule has 1 aromatic rings. The first-order chi connectivity index (χ1) is 7.13. The van der Waals surface area contributed by atoms with Gasteiger partial charge >= 0.3 is 0 Å². The van der Waals surface area contributed by atoms with Gasteiger partial charge in [0.15, 0.2) is 5.17 Å². The maximum atomic E-state index is 5.89. The summed E-state index contributed by atoms with van der Waals surface area (Å²) >= 11 is 13.2. The van der Waals surface area contributed by atoms with E-state index in [9.17, 15) is 0 Å². The van der Waals surface area contributed by atoms with Crippen LogP contribution in [0.5, 0.6) is 0 Å². The van der Waals surface area contributed by atoms with Crippen molar-refractivity contribution in [2.24, 2.45) is 10.7 Å². The second-order valence-corrected chi connectivity index (χ2v) is 4.66. The molecule has 0 spiro atoms. The first-order valence-corrected chi connectivity index (χ1v) is 6.24. The van der Waals surface area contributed by atoms with Gasteiger partial charge in [-0.1, -0.05) is 41.0 Å². The Kier molecular flexibility index (Phi) is 5.29. The Bertz CT molecular complexity index is 366. The second kappa shape index (κ2) is 6.26. The van der Waals surface area contributed by atoms with Crippen molar-refractivity contribution in [3.05, 3.63) is 33.8 Å². The molecule has 0 bridgehead atoms. The highest BCUT2D eigenvalue weighted by Crippen LogP contribution is 2.24. The summed E-state index contributed by atoms with van der Waals surface area (Å²) in [6.07, 6.45) is 0. The van der Waals surface area contributed by atoms with E-state index in [2.05, 4.69) is 4.99 Å². The highest BCUT2D eigenvalue weighted by Gasteiger charge is 2.00. The minimum atomic E-state index is 0.570. The van der Waals surface area contributed by atoms with Crippen LogP contribution in [0.4, 0.5) is 0 Å². The molecule has 82 valence electrons. The van der Waals surface area contributed by atoms with Crippen molar-refractivity contribution < 1.29 is 0 Å². The number of amidine groups is 1. The van der Waals surface area contributed by atoms with Crippen LogP contribution in [-0.2, 0) is 5.75 Å².